The molecule has 2 aromatic carbocycles. The van der Waals surface area contributed by atoms with Crippen molar-refractivity contribution in [2.45, 2.75) is 12.6 Å². The van der Waals surface area contributed by atoms with Crippen molar-refractivity contribution >= 4 is 5.91 Å². The van der Waals surface area contributed by atoms with E-state index in [1.807, 2.05) is 59.5 Å². The van der Waals surface area contributed by atoms with Gasteiger partial charge >= 0.3 is 0 Å². The number of carbonyl (C=O) groups excluding carboxylic acids is 1. The molecule has 0 unspecified atom stereocenters. The van der Waals surface area contributed by atoms with Gasteiger partial charge < -0.3 is 9.64 Å². The molecule has 0 N–H and O–H groups in total. The Bertz CT molecular complexity index is 760. The van der Waals surface area contributed by atoms with Gasteiger partial charge in [0.25, 0.3) is 5.91 Å². The highest BCUT2D eigenvalue weighted by atomic mass is 16.5. The van der Waals surface area contributed by atoms with E-state index >= 15 is 0 Å². The van der Waals surface area contributed by atoms with E-state index in [-0.39, 0.29) is 11.9 Å². The SMILES string of the molecule is COCc1ccc(C(=O)N2CCN([C@H](C#N)c3ccccc3)CC2)cc1. The van der Waals surface area contributed by atoms with Crippen LogP contribution < -0.4 is 0 Å². The number of hydrogen-bond donors (Lipinski definition) is 0. The Morgan fingerprint density at radius 3 is 2.31 bits per heavy atom. The fourth-order valence-electron chi connectivity index (χ4n) is 3.28. The quantitative estimate of drug-likeness (QED) is 0.833. The Hall–Kier alpha value is -2.68. The summed E-state index contributed by atoms with van der Waals surface area (Å²) in [6, 6.07) is 19.5. The summed E-state index contributed by atoms with van der Waals surface area (Å²) >= 11 is 0. The molecule has 26 heavy (non-hydrogen) atoms. The summed E-state index contributed by atoms with van der Waals surface area (Å²) in [5, 5.41) is 9.57. The molecule has 5 heteroatoms. The van der Waals surface area contributed by atoms with Gasteiger partial charge in [-0.2, -0.15) is 5.26 Å². The fourth-order valence-corrected chi connectivity index (χ4v) is 3.28. The Morgan fingerprint density at radius 1 is 1.08 bits per heavy atom. The maximum atomic E-state index is 12.7. The highest BCUT2D eigenvalue weighted by Gasteiger charge is 2.27. The van der Waals surface area contributed by atoms with Gasteiger partial charge in [-0.05, 0) is 23.3 Å². The number of hydrogen-bond acceptors (Lipinski definition) is 4. The highest BCUT2D eigenvalue weighted by molar-refractivity contribution is 5.94. The van der Waals surface area contributed by atoms with Crippen LogP contribution in [0, 0.1) is 11.3 Å². The molecule has 0 saturated carbocycles. The minimum atomic E-state index is -0.262. The minimum absolute atomic E-state index is 0.0434. The third kappa shape index (κ3) is 4.10. The van der Waals surface area contributed by atoms with E-state index in [1.54, 1.807) is 7.11 Å². The molecular formula is C21H23N3O2. The second-order valence-electron chi connectivity index (χ2n) is 6.40. The molecule has 1 heterocycles. The second kappa shape index (κ2) is 8.61. The minimum Gasteiger partial charge on any atom is -0.380 e. The first-order chi connectivity index (χ1) is 12.7. The summed E-state index contributed by atoms with van der Waals surface area (Å²) in [7, 11) is 1.66. The van der Waals surface area contributed by atoms with E-state index in [9.17, 15) is 10.1 Å². The first-order valence-electron chi connectivity index (χ1n) is 8.78. The van der Waals surface area contributed by atoms with E-state index in [1.165, 1.54) is 0 Å². The lowest BCUT2D eigenvalue weighted by atomic mass is 10.1. The molecule has 0 radical (unpaired) electrons. The van der Waals surface area contributed by atoms with Crippen molar-refractivity contribution in [1.29, 1.82) is 5.26 Å². The Labute approximate surface area is 154 Å². The monoisotopic (exact) mass is 349 g/mol. The summed E-state index contributed by atoms with van der Waals surface area (Å²) in [4.78, 5) is 16.7. The second-order valence-corrected chi connectivity index (χ2v) is 6.40. The van der Waals surface area contributed by atoms with E-state index in [0.717, 1.165) is 11.1 Å². The van der Waals surface area contributed by atoms with Crippen LogP contribution in [0.1, 0.15) is 27.5 Å². The molecule has 5 nitrogen and oxygen atoms in total. The average molecular weight is 349 g/mol. The van der Waals surface area contributed by atoms with Gasteiger partial charge in [0.15, 0.2) is 0 Å². The highest BCUT2D eigenvalue weighted by Crippen LogP contribution is 2.22. The van der Waals surface area contributed by atoms with Gasteiger partial charge in [0, 0.05) is 38.9 Å². The number of amides is 1. The van der Waals surface area contributed by atoms with Gasteiger partial charge in [-0.3, -0.25) is 9.69 Å². The molecule has 1 aliphatic rings. The molecule has 1 atom stereocenters. The normalized spacial score (nSPS) is 16.1. The number of nitriles is 1. The van der Waals surface area contributed by atoms with Crippen molar-refractivity contribution in [3.05, 3.63) is 71.3 Å². The Balaban J connectivity index is 1.61. The van der Waals surface area contributed by atoms with Crippen LogP contribution in [0.5, 0.6) is 0 Å². The van der Waals surface area contributed by atoms with Gasteiger partial charge in [-0.15, -0.1) is 0 Å². The first kappa shape index (κ1) is 18.1. The lowest BCUT2D eigenvalue weighted by molar-refractivity contribution is 0.0606. The van der Waals surface area contributed by atoms with Crippen LogP contribution in [-0.2, 0) is 11.3 Å². The summed E-state index contributed by atoms with van der Waals surface area (Å²) in [5.74, 6) is 0.0434. The van der Waals surface area contributed by atoms with E-state index in [4.69, 9.17) is 4.74 Å². The molecule has 0 aliphatic carbocycles. The maximum Gasteiger partial charge on any atom is 0.253 e. The molecule has 3 rings (SSSR count). The molecule has 0 bridgehead atoms. The van der Waals surface area contributed by atoms with Crippen molar-refractivity contribution < 1.29 is 9.53 Å². The molecule has 0 spiro atoms. The first-order valence-corrected chi connectivity index (χ1v) is 8.78. The molecule has 2 aromatic rings. The molecule has 1 fully saturated rings. The molecule has 134 valence electrons. The third-order valence-corrected chi connectivity index (χ3v) is 4.72. The molecule has 1 saturated heterocycles. The fraction of sp³-hybridized carbons (Fsp3) is 0.333. The van der Waals surface area contributed by atoms with Crippen molar-refractivity contribution in [3.8, 4) is 6.07 Å². The van der Waals surface area contributed by atoms with Crippen molar-refractivity contribution in [1.82, 2.24) is 9.80 Å². The Morgan fingerprint density at radius 2 is 1.73 bits per heavy atom. The number of benzene rings is 2. The number of piperazine rings is 1. The third-order valence-electron chi connectivity index (χ3n) is 4.72. The summed E-state index contributed by atoms with van der Waals surface area (Å²) in [6.45, 7) is 3.19. The van der Waals surface area contributed by atoms with Crippen LogP contribution in [0.15, 0.2) is 54.6 Å². The van der Waals surface area contributed by atoms with Gasteiger partial charge in [0.05, 0.1) is 12.7 Å². The molecule has 1 amide bonds. The van der Waals surface area contributed by atoms with Crippen LogP contribution in [0.2, 0.25) is 0 Å². The summed E-state index contributed by atoms with van der Waals surface area (Å²) in [5.41, 5.74) is 2.75. The maximum absolute atomic E-state index is 12.7. The van der Waals surface area contributed by atoms with E-state index in [2.05, 4.69) is 11.0 Å². The molecular weight excluding hydrogens is 326 g/mol. The van der Waals surface area contributed by atoms with Crippen LogP contribution in [-0.4, -0.2) is 49.0 Å². The average Bonchev–Trinajstić information content (AvgIpc) is 2.70. The summed E-state index contributed by atoms with van der Waals surface area (Å²) < 4.78 is 5.10. The zero-order chi connectivity index (χ0) is 18.4. The number of carbonyl (C=O) groups is 1. The van der Waals surface area contributed by atoms with Crippen molar-refractivity contribution in [3.63, 3.8) is 0 Å². The molecule has 0 aromatic heterocycles. The molecule has 1 aliphatic heterocycles. The number of methoxy groups -OCH3 is 1. The lowest BCUT2D eigenvalue weighted by Crippen LogP contribution is -2.49. The standard InChI is InChI=1S/C21H23N3O2/c1-26-16-17-7-9-19(10-8-17)21(25)24-13-11-23(12-14-24)20(15-22)18-5-3-2-4-6-18/h2-10,20H,11-14,16H2,1H3/t20-/m1/s1. The van der Waals surface area contributed by atoms with E-state index in [0.29, 0.717) is 38.3 Å². The van der Waals surface area contributed by atoms with Crippen molar-refractivity contribution in [2.75, 3.05) is 33.3 Å². The van der Waals surface area contributed by atoms with Gasteiger partial charge in [-0.25, -0.2) is 0 Å². The largest absolute Gasteiger partial charge is 0.380 e. The zero-order valence-electron chi connectivity index (χ0n) is 15.0. The van der Waals surface area contributed by atoms with Crippen molar-refractivity contribution in [2.24, 2.45) is 0 Å². The van der Waals surface area contributed by atoms with Crippen LogP contribution in [0.3, 0.4) is 0 Å². The van der Waals surface area contributed by atoms with Gasteiger partial charge in [0.2, 0.25) is 0 Å². The predicted molar refractivity (Wildman–Crippen MR) is 99.4 cm³/mol. The number of nitrogens with zero attached hydrogens (tertiary/aromatic N) is 3. The summed E-state index contributed by atoms with van der Waals surface area (Å²) in [6.07, 6.45) is 0. The van der Waals surface area contributed by atoms with Crippen LogP contribution in [0.4, 0.5) is 0 Å². The predicted octanol–water partition coefficient (Wildman–Crippen LogP) is 2.86. The smallest absolute Gasteiger partial charge is 0.253 e. The lowest BCUT2D eigenvalue weighted by Gasteiger charge is -2.37. The van der Waals surface area contributed by atoms with Crippen LogP contribution >= 0.6 is 0 Å². The number of rotatable bonds is 5. The zero-order valence-corrected chi connectivity index (χ0v) is 15.0. The van der Waals surface area contributed by atoms with Gasteiger partial charge in [0.1, 0.15) is 6.04 Å². The van der Waals surface area contributed by atoms with Gasteiger partial charge in [-0.1, -0.05) is 42.5 Å². The topological polar surface area (TPSA) is 56.6 Å². The van der Waals surface area contributed by atoms with E-state index < -0.39 is 0 Å². The Kier molecular flexibility index (Phi) is 6.00. The van der Waals surface area contributed by atoms with Crippen LogP contribution in [0.25, 0.3) is 0 Å². The number of ether oxygens (including phenoxy) is 1.